The van der Waals surface area contributed by atoms with Crippen molar-refractivity contribution in [2.24, 2.45) is 0 Å². The van der Waals surface area contributed by atoms with Crippen LogP contribution in [-0.4, -0.2) is 20.1 Å². The Bertz CT molecular complexity index is 1260. The van der Waals surface area contributed by atoms with Crippen molar-refractivity contribution in [1.82, 2.24) is 0 Å². The molecule has 1 heterocycles. The van der Waals surface area contributed by atoms with Crippen molar-refractivity contribution in [2.75, 3.05) is 19.5 Å². The van der Waals surface area contributed by atoms with Crippen LogP contribution in [0.5, 0.6) is 11.5 Å². The molecule has 6 nitrogen and oxygen atoms in total. The standard InChI is InChI=1S/C22H18N2O4/c1-26-14-8-10-20(27-2)18(11-14)24-22(25)17-12-16-15-6-4-3-5-13(15)7-9-19(16)28-21(17)23/h3-12,23H,1-2H3,(H,24,25). The van der Waals surface area contributed by atoms with Gasteiger partial charge in [-0.25, -0.2) is 0 Å². The van der Waals surface area contributed by atoms with E-state index in [1.165, 1.54) is 7.11 Å². The monoisotopic (exact) mass is 374 g/mol. The smallest absolute Gasteiger partial charge is 0.261 e. The summed E-state index contributed by atoms with van der Waals surface area (Å²) in [5.74, 6) is 0.607. The maximum Gasteiger partial charge on any atom is 0.261 e. The summed E-state index contributed by atoms with van der Waals surface area (Å²) in [6.45, 7) is 0. The van der Waals surface area contributed by atoms with Crippen LogP contribution >= 0.6 is 0 Å². The Morgan fingerprint density at radius 1 is 0.964 bits per heavy atom. The minimum Gasteiger partial charge on any atom is -0.497 e. The number of amides is 1. The molecular weight excluding hydrogens is 356 g/mol. The Morgan fingerprint density at radius 2 is 1.79 bits per heavy atom. The molecule has 0 saturated carbocycles. The third-order valence-electron chi connectivity index (χ3n) is 4.58. The van der Waals surface area contributed by atoms with Crippen LogP contribution in [-0.2, 0) is 0 Å². The van der Waals surface area contributed by atoms with E-state index >= 15 is 0 Å². The lowest BCUT2D eigenvalue weighted by molar-refractivity contribution is 0.102. The van der Waals surface area contributed by atoms with Gasteiger partial charge in [0, 0.05) is 11.5 Å². The van der Waals surface area contributed by atoms with E-state index in [1.807, 2.05) is 36.4 Å². The Labute approximate surface area is 160 Å². The van der Waals surface area contributed by atoms with E-state index in [0.717, 1.165) is 16.2 Å². The summed E-state index contributed by atoms with van der Waals surface area (Å²) in [5.41, 5.74) is 0.930. The molecule has 4 aromatic rings. The molecule has 1 aromatic heterocycles. The van der Waals surface area contributed by atoms with Gasteiger partial charge in [-0.2, -0.15) is 0 Å². The van der Waals surface area contributed by atoms with Crippen molar-refractivity contribution in [3.8, 4) is 11.5 Å². The Kier molecular flexibility index (Phi) is 4.45. The molecule has 0 fully saturated rings. The average molecular weight is 374 g/mol. The fourth-order valence-electron chi connectivity index (χ4n) is 3.16. The van der Waals surface area contributed by atoms with Crippen LogP contribution in [0.25, 0.3) is 21.7 Å². The SMILES string of the molecule is COc1ccc(OC)c(NC(=O)c2cc3c(ccc4ccccc43)oc2=N)c1. The molecule has 0 saturated heterocycles. The molecule has 0 radical (unpaired) electrons. The number of ether oxygens (including phenoxy) is 2. The molecule has 0 aliphatic rings. The second-order valence-corrected chi connectivity index (χ2v) is 6.21. The van der Waals surface area contributed by atoms with Gasteiger partial charge in [0.2, 0.25) is 5.55 Å². The lowest BCUT2D eigenvalue weighted by Crippen LogP contribution is -2.21. The number of hydrogen-bond donors (Lipinski definition) is 2. The summed E-state index contributed by atoms with van der Waals surface area (Å²) in [6.07, 6.45) is 0. The van der Waals surface area contributed by atoms with Crippen molar-refractivity contribution >= 4 is 33.3 Å². The normalized spacial score (nSPS) is 10.8. The molecule has 2 N–H and O–H groups in total. The molecule has 28 heavy (non-hydrogen) atoms. The molecule has 1 amide bonds. The summed E-state index contributed by atoms with van der Waals surface area (Å²) in [6, 6.07) is 18.4. The van der Waals surface area contributed by atoms with E-state index in [4.69, 9.17) is 19.3 Å². The summed E-state index contributed by atoms with van der Waals surface area (Å²) < 4.78 is 16.1. The molecule has 0 aliphatic heterocycles. The Balaban J connectivity index is 1.80. The molecule has 0 atom stereocenters. The highest BCUT2D eigenvalue weighted by atomic mass is 16.5. The van der Waals surface area contributed by atoms with Gasteiger partial charge in [-0.1, -0.05) is 30.3 Å². The maximum atomic E-state index is 12.9. The first-order valence-corrected chi connectivity index (χ1v) is 8.64. The van der Waals surface area contributed by atoms with Crippen molar-refractivity contribution in [3.63, 3.8) is 0 Å². The lowest BCUT2D eigenvalue weighted by Gasteiger charge is -2.12. The first-order valence-electron chi connectivity index (χ1n) is 8.64. The fraction of sp³-hybridized carbons (Fsp3) is 0.0909. The number of hydrogen-bond acceptors (Lipinski definition) is 5. The van der Waals surface area contributed by atoms with Gasteiger partial charge in [0.05, 0.1) is 19.9 Å². The summed E-state index contributed by atoms with van der Waals surface area (Å²) >= 11 is 0. The molecule has 6 heteroatoms. The molecule has 0 spiro atoms. The van der Waals surface area contributed by atoms with Gasteiger partial charge in [0.15, 0.2) is 0 Å². The molecule has 3 aromatic carbocycles. The predicted molar refractivity (Wildman–Crippen MR) is 107 cm³/mol. The number of benzene rings is 3. The molecule has 4 rings (SSSR count). The van der Waals surface area contributed by atoms with Gasteiger partial charge in [-0.3, -0.25) is 10.2 Å². The molecule has 0 aliphatic carbocycles. The van der Waals surface area contributed by atoms with E-state index in [2.05, 4.69) is 5.32 Å². The first-order chi connectivity index (χ1) is 13.6. The number of carbonyl (C=O) groups is 1. The number of fused-ring (bicyclic) bond motifs is 3. The zero-order valence-electron chi connectivity index (χ0n) is 15.4. The largest absolute Gasteiger partial charge is 0.497 e. The van der Waals surface area contributed by atoms with E-state index in [1.54, 1.807) is 31.4 Å². The highest BCUT2D eigenvalue weighted by Crippen LogP contribution is 2.30. The van der Waals surface area contributed by atoms with Crippen LogP contribution < -0.4 is 20.3 Å². The summed E-state index contributed by atoms with van der Waals surface area (Å²) in [4.78, 5) is 12.9. The summed E-state index contributed by atoms with van der Waals surface area (Å²) in [7, 11) is 3.06. The zero-order chi connectivity index (χ0) is 19.7. The molecule has 0 unspecified atom stereocenters. The number of nitrogens with one attached hydrogen (secondary N) is 2. The highest BCUT2D eigenvalue weighted by Gasteiger charge is 2.16. The van der Waals surface area contributed by atoms with Crippen LogP contribution in [0.2, 0.25) is 0 Å². The number of anilines is 1. The van der Waals surface area contributed by atoms with E-state index in [9.17, 15) is 4.79 Å². The van der Waals surface area contributed by atoms with Crippen LogP contribution in [0.1, 0.15) is 10.4 Å². The third-order valence-corrected chi connectivity index (χ3v) is 4.58. The van der Waals surface area contributed by atoms with Crippen molar-refractivity contribution in [2.45, 2.75) is 0 Å². The fourth-order valence-corrected chi connectivity index (χ4v) is 3.16. The van der Waals surface area contributed by atoms with Crippen LogP contribution in [0.3, 0.4) is 0 Å². The quantitative estimate of drug-likeness (QED) is 0.521. The second kappa shape index (κ2) is 7.08. The van der Waals surface area contributed by atoms with Crippen molar-refractivity contribution < 1.29 is 18.7 Å². The first kappa shape index (κ1) is 17.6. The maximum absolute atomic E-state index is 12.9. The predicted octanol–water partition coefficient (Wildman–Crippen LogP) is 4.33. The summed E-state index contributed by atoms with van der Waals surface area (Å²) in [5, 5.41) is 13.7. The van der Waals surface area contributed by atoms with E-state index < -0.39 is 5.91 Å². The highest BCUT2D eigenvalue weighted by molar-refractivity contribution is 6.10. The van der Waals surface area contributed by atoms with Crippen LogP contribution in [0.15, 0.2) is 65.1 Å². The Hall–Kier alpha value is -3.80. The van der Waals surface area contributed by atoms with Crippen molar-refractivity contribution in [3.05, 3.63) is 71.8 Å². The Morgan fingerprint density at radius 3 is 2.57 bits per heavy atom. The lowest BCUT2D eigenvalue weighted by atomic mass is 10.0. The van der Waals surface area contributed by atoms with Crippen LogP contribution in [0, 0.1) is 5.41 Å². The molecule has 0 bridgehead atoms. The number of rotatable bonds is 4. The van der Waals surface area contributed by atoms with Gasteiger partial charge in [-0.05, 0) is 35.0 Å². The van der Waals surface area contributed by atoms with Gasteiger partial charge in [-0.15, -0.1) is 0 Å². The topological polar surface area (TPSA) is 84.6 Å². The van der Waals surface area contributed by atoms with Gasteiger partial charge in [0.1, 0.15) is 22.6 Å². The number of methoxy groups -OCH3 is 2. The van der Waals surface area contributed by atoms with Crippen LogP contribution in [0.4, 0.5) is 5.69 Å². The van der Waals surface area contributed by atoms with E-state index in [-0.39, 0.29) is 11.1 Å². The number of carbonyl (C=O) groups excluding carboxylic acids is 1. The zero-order valence-corrected chi connectivity index (χ0v) is 15.4. The minimum atomic E-state index is -0.463. The van der Waals surface area contributed by atoms with Crippen molar-refractivity contribution in [1.29, 1.82) is 5.41 Å². The van der Waals surface area contributed by atoms with Gasteiger partial charge >= 0.3 is 0 Å². The molecule has 140 valence electrons. The average Bonchev–Trinajstić information content (AvgIpc) is 2.72. The van der Waals surface area contributed by atoms with Gasteiger partial charge < -0.3 is 19.2 Å². The second-order valence-electron chi connectivity index (χ2n) is 6.21. The van der Waals surface area contributed by atoms with Gasteiger partial charge in [0.25, 0.3) is 5.91 Å². The third kappa shape index (κ3) is 3.05. The molecular formula is C22H18N2O4. The van der Waals surface area contributed by atoms with E-state index in [0.29, 0.717) is 22.8 Å². The minimum absolute atomic E-state index is 0.133.